The maximum atomic E-state index is 12.6. The minimum Gasteiger partial charge on any atom is -0.494 e. The van der Waals surface area contributed by atoms with E-state index in [-0.39, 0.29) is 11.6 Å². The van der Waals surface area contributed by atoms with Crippen molar-refractivity contribution >= 4 is 51.9 Å². The molecule has 2 heterocycles. The number of thiocarbonyl (C=S) groups is 1. The van der Waals surface area contributed by atoms with Crippen LogP contribution < -0.4 is 25.8 Å². The number of amides is 2. The second kappa shape index (κ2) is 12.7. The number of nitrogens with one attached hydrogen (secondary N) is 3. The van der Waals surface area contributed by atoms with Crippen LogP contribution in [-0.4, -0.2) is 60.6 Å². The van der Waals surface area contributed by atoms with Gasteiger partial charge in [-0.15, -0.1) is 11.3 Å². The molecule has 0 aliphatic carbocycles. The highest BCUT2D eigenvalue weighted by Crippen LogP contribution is 2.30. The summed E-state index contributed by atoms with van der Waals surface area (Å²) in [7, 11) is 4.02. The zero-order valence-electron chi connectivity index (χ0n) is 21.7. The normalized spacial score (nSPS) is 13.5. The molecule has 11 heteroatoms. The van der Waals surface area contributed by atoms with Crippen LogP contribution in [0, 0.1) is 0 Å². The van der Waals surface area contributed by atoms with Gasteiger partial charge in [0.25, 0.3) is 11.8 Å². The van der Waals surface area contributed by atoms with Gasteiger partial charge in [-0.05, 0) is 74.4 Å². The summed E-state index contributed by atoms with van der Waals surface area (Å²) >= 11 is 7.10. The van der Waals surface area contributed by atoms with E-state index < -0.39 is 11.8 Å². The molecule has 0 radical (unpaired) electrons. The highest BCUT2D eigenvalue weighted by atomic mass is 32.1. The summed E-state index contributed by atoms with van der Waals surface area (Å²) in [6.07, 6.45) is 1.78. The molecule has 1 fully saturated rings. The SMILES string of the molecule is CCOc1cccc(C(=O)NNC(=O)c2csc(C3CCN(C(=S)Nc4ccc(N(C)C)cc4)CC3)n2)c1. The van der Waals surface area contributed by atoms with Crippen LogP contribution in [-0.2, 0) is 0 Å². The molecular formula is C27H32N6O3S2. The Kier molecular flexibility index (Phi) is 9.14. The lowest BCUT2D eigenvalue weighted by atomic mass is 9.98. The number of thiazole rings is 1. The molecule has 4 rings (SSSR count). The average Bonchev–Trinajstić information content (AvgIpc) is 3.43. The number of carbonyl (C=O) groups excluding carboxylic acids is 2. The maximum Gasteiger partial charge on any atom is 0.289 e. The summed E-state index contributed by atoms with van der Waals surface area (Å²) < 4.78 is 5.42. The van der Waals surface area contributed by atoms with E-state index in [1.54, 1.807) is 29.6 Å². The van der Waals surface area contributed by atoms with E-state index in [2.05, 4.69) is 43.1 Å². The number of ether oxygens (including phenoxy) is 1. The summed E-state index contributed by atoms with van der Waals surface area (Å²) in [6, 6.07) is 14.9. The predicted octanol–water partition coefficient (Wildman–Crippen LogP) is 4.26. The smallest absolute Gasteiger partial charge is 0.289 e. The summed E-state index contributed by atoms with van der Waals surface area (Å²) in [4.78, 5) is 33.8. The molecule has 0 saturated carbocycles. The first-order chi connectivity index (χ1) is 18.3. The number of piperidine rings is 1. The van der Waals surface area contributed by atoms with Crippen LogP contribution in [0.15, 0.2) is 53.9 Å². The van der Waals surface area contributed by atoms with Gasteiger partial charge < -0.3 is 19.9 Å². The van der Waals surface area contributed by atoms with E-state index in [4.69, 9.17) is 17.0 Å². The third-order valence-electron chi connectivity index (χ3n) is 6.22. The highest BCUT2D eigenvalue weighted by molar-refractivity contribution is 7.80. The van der Waals surface area contributed by atoms with Gasteiger partial charge in [0.1, 0.15) is 11.4 Å². The Balaban J connectivity index is 1.25. The molecule has 9 nitrogen and oxygen atoms in total. The van der Waals surface area contributed by atoms with Crippen LogP contribution in [0.5, 0.6) is 5.75 Å². The second-order valence-corrected chi connectivity index (χ2v) is 10.3. The molecule has 1 saturated heterocycles. The first kappa shape index (κ1) is 27.3. The first-order valence-corrected chi connectivity index (χ1v) is 13.7. The third kappa shape index (κ3) is 6.99. The molecule has 1 aliphatic rings. The Morgan fingerprint density at radius 2 is 1.82 bits per heavy atom. The number of anilines is 2. The molecule has 2 aromatic carbocycles. The van der Waals surface area contributed by atoms with Crippen molar-refractivity contribution in [2.45, 2.75) is 25.7 Å². The van der Waals surface area contributed by atoms with E-state index in [9.17, 15) is 9.59 Å². The van der Waals surface area contributed by atoms with Crippen molar-refractivity contribution < 1.29 is 14.3 Å². The summed E-state index contributed by atoms with van der Waals surface area (Å²) in [5.41, 5.74) is 7.66. The van der Waals surface area contributed by atoms with Crippen LogP contribution in [0.4, 0.5) is 11.4 Å². The molecule has 0 bridgehead atoms. The fourth-order valence-corrected chi connectivity index (χ4v) is 5.37. The van der Waals surface area contributed by atoms with Crippen molar-refractivity contribution in [1.29, 1.82) is 0 Å². The molecule has 0 unspecified atom stereocenters. The van der Waals surface area contributed by atoms with Gasteiger partial charge >= 0.3 is 0 Å². The average molecular weight is 553 g/mol. The Bertz CT molecular complexity index is 1270. The zero-order chi connectivity index (χ0) is 27.1. The van der Waals surface area contributed by atoms with Gasteiger partial charge in [0.15, 0.2) is 5.11 Å². The fourth-order valence-electron chi connectivity index (χ4n) is 4.10. The number of hydrogen-bond donors (Lipinski definition) is 3. The molecular weight excluding hydrogens is 520 g/mol. The van der Waals surface area contributed by atoms with Crippen LogP contribution in [0.25, 0.3) is 0 Å². The van der Waals surface area contributed by atoms with E-state index in [0.717, 1.165) is 42.3 Å². The fraction of sp³-hybridized carbons (Fsp3) is 0.333. The van der Waals surface area contributed by atoms with Crippen molar-refractivity contribution in [1.82, 2.24) is 20.7 Å². The molecule has 0 atom stereocenters. The van der Waals surface area contributed by atoms with Crippen LogP contribution in [0.1, 0.15) is 51.5 Å². The van der Waals surface area contributed by atoms with Crippen molar-refractivity contribution in [2.24, 2.45) is 0 Å². The number of hydrogen-bond acceptors (Lipinski definition) is 7. The minimum absolute atomic E-state index is 0.260. The topological polar surface area (TPSA) is 98.8 Å². The predicted molar refractivity (Wildman–Crippen MR) is 155 cm³/mol. The Labute approximate surface area is 232 Å². The van der Waals surface area contributed by atoms with Gasteiger partial charge in [-0.25, -0.2) is 4.98 Å². The molecule has 3 aromatic rings. The van der Waals surface area contributed by atoms with Crippen LogP contribution in [0.2, 0.25) is 0 Å². The lowest BCUT2D eigenvalue weighted by molar-refractivity contribution is 0.0844. The largest absolute Gasteiger partial charge is 0.494 e. The van der Waals surface area contributed by atoms with Crippen molar-refractivity contribution in [2.75, 3.05) is 44.0 Å². The van der Waals surface area contributed by atoms with E-state index in [1.807, 2.05) is 33.2 Å². The molecule has 2 amide bonds. The lowest BCUT2D eigenvalue weighted by Gasteiger charge is -2.33. The van der Waals surface area contributed by atoms with Crippen molar-refractivity contribution in [3.05, 3.63) is 70.2 Å². The second-order valence-electron chi connectivity index (χ2n) is 9.07. The molecule has 1 aromatic heterocycles. The number of aromatic nitrogens is 1. The third-order valence-corrected chi connectivity index (χ3v) is 7.59. The van der Waals surface area contributed by atoms with Crippen molar-refractivity contribution in [3.8, 4) is 5.75 Å². The summed E-state index contributed by atoms with van der Waals surface area (Å²) in [6.45, 7) is 3.99. The molecule has 38 heavy (non-hydrogen) atoms. The lowest BCUT2D eigenvalue weighted by Crippen LogP contribution is -2.41. The molecule has 1 aliphatic heterocycles. The molecule has 3 N–H and O–H groups in total. The van der Waals surface area contributed by atoms with Gasteiger partial charge in [-0.3, -0.25) is 20.4 Å². The van der Waals surface area contributed by atoms with Gasteiger partial charge in [0, 0.05) is 55.4 Å². The summed E-state index contributed by atoms with van der Waals surface area (Å²) in [5, 5.41) is 6.68. The van der Waals surface area contributed by atoms with Gasteiger partial charge in [-0.2, -0.15) is 0 Å². The van der Waals surface area contributed by atoms with Crippen LogP contribution in [0.3, 0.4) is 0 Å². The summed E-state index contributed by atoms with van der Waals surface area (Å²) in [5.74, 6) is -0.0291. The number of likely N-dealkylation sites (tertiary alicyclic amines) is 1. The number of nitrogens with zero attached hydrogens (tertiary/aromatic N) is 3. The highest BCUT2D eigenvalue weighted by Gasteiger charge is 2.25. The van der Waals surface area contributed by atoms with E-state index >= 15 is 0 Å². The monoisotopic (exact) mass is 552 g/mol. The number of rotatable bonds is 7. The zero-order valence-corrected chi connectivity index (χ0v) is 23.3. The Hall–Kier alpha value is -3.70. The molecule has 0 spiro atoms. The van der Waals surface area contributed by atoms with Crippen molar-refractivity contribution in [3.63, 3.8) is 0 Å². The van der Waals surface area contributed by atoms with Gasteiger partial charge in [-0.1, -0.05) is 6.07 Å². The Morgan fingerprint density at radius 3 is 2.50 bits per heavy atom. The number of carbonyl (C=O) groups is 2. The number of hydrazine groups is 1. The van der Waals surface area contributed by atoms with E-state index in [1.165, 1.54) is 11.3 Å². The quantitative estimate of drug-likeness (QED) is 0.296. The first-order valence-electron chi connectivity index (χ1n) is 12.5. The van der Waals surface area contributed by atoms with Crippen LogP contribution >= 0.6 is 23.6 Å². The van der Waals surface area contributed by atoms with E-state index in [0.29, 0.717) is 23.0 Å². The van der Waals surface area contributed by atoms with Gasteiger partial charge in [0.2, 0.25) is 0 Å². The Morgan fingerprint density at radius 1 is 1.11 bits per heavy atom. The van der Waals surface area contributed by atoms with Gasteiger partial charge in [0.05, 0.1) is 11.6 Å². The maximum absolute atomic E-state index is 12.6. The minimum atomic E-state index is -0.454. The molecule has 200 valence electrons. The number of benzene rings is 2. The standard InChI is InChI=1S/C27H32N6O3S2/c1-4-36-22-7-5-6-19(16-22)24(34)30-31-25(35)23-17-38-26(29-23)18-12-14-33(15-13-18)27(37)28-20-8-10-21(11-9-20)32(2)3/h5-11,16-18H,4,12-15H2,1-3H3,(H,28,37)(H,30,34)(H,31,35).